The molecule has 1 saturated carbocycles. The van der Waals surface area contributed by atoms with Gasteiger partial charge in [-0.1, -0.05) is 19.3 Å². The maximum atomic E-state index is 12.7. The van der Waals surface area contributed by atoms with Crippen LogP contribution in [0.5, 0.6) is 0 Å². The van der Waals surface area contributed by atoms with Crippen molar-refractivity contribution in [2.24, 2.45) is 5.73 Å². The van der Waals surface area contributed by atoms with Crippen molar-refractivity contribution >= 4 is 21.6 Å². The van der Waals surface area contributed by atoms with Crippen LogP contribution in [0.1, 0.15) is 42.7 Å². The Bertz CT molecular complexity index is 642. The van der Waals surface area contributed by atoms with Gasteiger partial charge in [0.25, 0.3) is 0 Å². The molecule has 0 radical (unpaired) electrons. The van der Waals surface area contributed by atoms with Gasteiger partial charge in [-0.15, -0.1) is 11.3 Å². The number of nitrogens with two attached hydrogens (primary N) is 1. The number of hydrogen-bond acceptors (Lipinski definition) is 3. The molecule has 0 spiro atoms. The van der Waals surface area contributed by atoms with Crippen LogP contribution >= 0.6 is 11.3 Å². The highest BCUT2D eigenvalue weighted by atomic mass is 32.1. The molecule has 0 saturated heterocycles. The predicted octanol–water partition coefficient (Wildman–Crippen LogP) is 4.52. The normalized spacial score (nSPS) is 19.0. The lowest BCUT2D eigenvalue weighted by molar-refractivity contribution is -0.137. The first-order chi connectivity index (χ1) is 9.86. The summed E-state index contributed by atoms with van der Waals surface area (Å²) in [7, 11) is 0. The highest BCUT2D eigenvalue weighted by molar-refractivity contribution is 7.18. The monoisotopic (exact) mass is 314 g/mol. The minimum absolute atomic E-state index is 0.237. The molecule has 114 valence electrons. The maximum Gasteiger partial charge on any atom is 0.416 e. The summed E-state index contributed by atoms with van der Waals surface area (Å²) >= 11 is 1.45. The zero-order valence-electron chi connectivity index (χ0n) is 11.5. The Kier molecular flexibility index (Phi) is 3.69. The van der Waals surface area contributed by atoms with Gasteiger partial charge < -0.3 is 5.73 Å². The second kappa shape index (κ2) is 5.25. The van der Waals surface area contributed by atoms with Gasteiger partial charge in [-0.05, 0) is 31.0 Å². The number of hydrogen-bond donors (Lipinski definition) is 1. The van der Waals surface area contributed by atoms with E-state index in [-0.39, 0.29) is 5.54 Å². The lowest BCUT2D eigenvalue weighted by Gasteiger charge is -2.32. The van der Waals surface area contributed by atoms with Crippen LogP contribution in [0.2, 0.25) is 0 Å². The highest BCUT2D eigenvalue weighted by Crippen LogP contribution is 2.35. The molecule has 6 heteroatoms. The van der Waals surface area contributed by atoms with Gasteiger partial charge in [0.2, 0.25) is 0 Å². The standard InChI is InChI=1S/C15H17F3N2S/c16-15(17,18)10-4-5-12-11(8-10)20-13(21-12)9-14(19)6-2-1-3-7-14/h4-5,8H,1-3,6-7,9,19H2. The quantitative estimate of drug-likeness (QED) is 0.885. The maximum absolute atomic E-state index is 12.7. The molecule has 1 fully saturated rings. The molecular formula is C15H17F3N2S. The summed E-state index contributed by atoms with van der Waals surface area (Å²) in [5, 5.41) is 0.841. The van der Waals surface area contributed by atoms with Gasteiger partial charge in [0.1, 0.15) is 0 Å². The summed E-state index contributed by atoms with van der Waals surface area (Å²) < 4.78 is 38.9. The van der Waals surface area contributed by atoms with Crippen LogP contribution < -0.4 is 5.73 Å². The van der Waals surface area contributed by atoms with Crippen LogP contribution in [-0.2, 0) is 12.6 Å². The van der Waals surface area contributed by atoms with Crippen molar-refractivity contribution in [3.63, 3.8) is 0 Å². The van der Waals surface area contributed by atoms with Crippen molar-refractivity contribution in [2.75, 3.05) is 0 Å². The Hall–Kier alpha value is -1.14. The number of rotatable bonds is 2. The molecule has 0 bridgehead atoms. The molecule has 1 heterocycles. The molecule has 2 nitrogen and oxygen atoms in total. The average Bonchev–Trinajstić information content (AvgIpc) is 2.78. The Balaban J connectivity index is 1.87. The van der Waals surface area contributed by atoms with Crippen LogP contribution in [0.15, 0.2) is 18.2 Å². The van der Waals surface area contributed by atoms with E-state index in [2.05, 4.69) is 4.98 Å². The number of fused-ring (bicyclic) bond motifs is 1. The zero-order chi connectivity index (χ0) is 15.1. The Morgan fingerprint density at radius 1 is 1.19 bits per heavy atom. The third kappa shape index (κ3) is 3.21. The van der Waals surface area contributed by atoms with E-state index in [1.165, 1.54) is 23.8 Å². The molecular weight excluding hydrogens is 297 g/mol. The zero-order valence-corrected chi connectivity index (χ0v) is 12.4. The van der Waals surface area contributed by atoms with Gasteiger partial charge in [0, 0.05) is 12.0 Å². The summed E-state index contributed by atoms with van der Waals surface area (Å²) in [6.07, 6.45) is 1.74. The lowest BCUT2D eigenvalue weighted by Crippen LogP contribution is -2.43. The smallest absolute Gasteiger partial charge is 0.325 e. The number of nitrogens with zero attached hydrogens (tertiary/aromatic N) is 1. The molecule has 1 aliphatic carbocycles. The average molecular weight is 314 g/mol. The van der Waals surface area contributed by atoms with Gasteiger partial charge in [0.15, 0.2) is 0 Å². The van der Waals surface area contributed by atoms with E-state index in [4.69, 9.17) is 5.73 Å². The van der Waals surface area contributed by atoms with E-state index in [0.29, 0.717) is 11.9 Å². The molecule has 3 rings (SSSR count). The number of aromatic nitrogens is 1. The van der Waals surface area contributed by atoms with Gasteiger partial charge in [-0.3, -0.25) is 0 Å². The molecule has 1 aromatic heterocycles. The molecule has 1 aliphatic rings. The number of alkyl halides is 3. The third-order valence-corrected chi connectivity index (χ3v) is 5.15. The van der Waals surface area contributed by atoms with E-state index >= 15 is 0 Å². The lowest BCUT2D eigenvalue weighted by atomic mass is 9.80. The molecule has 1 aromatic carbocycles. The van der Waals surface area contributed by atoms with Crippen LogP contribution in [0, 0.1) is 0 Å². The minimum Gasteiger partial charge on any atom is -0.325 e. The summed E-state index contributed by atoms with van der Waals surface area (Å²) in [6, 6.07) is 3.74. The molecule has 0 aliphatic heterocycles. The van der Waals surface area contributed by atoms with Crippen molar-refractivity contribution in [3.8, 4) is 0 Å². The van der Waals surface area contributed by atoms with E-state index in [1.807, 2.05) is 0 Å². The first-order valence-electron chi connectivity index (χ1n) is 7.11. The molecule has 2 N–H and O–H groups in total. The van der Waals surface area contributed by atoms with Crippen LogP contribution in [-0.4, -0.2) is 10.5 Å². The third-order valence-electron chi connectivity index (χ3n) is 4.11. The van der Waals surface area contributed by atoms with Crippen molar-refractivity contribution in [1.29, 1.82) is 0 Å². The summed E-state index contributed by atoms with van der Waals surface area (Å²) in [5.74, 6) is 0. The first kappa shape index (κ1) is 14.8. The summed E-state index contributed by atoms with van der Waals surface area (Å²) in [5.41, 5.74) is 5.94. The molecule has 0 amide bonds. The molecule has 21 heavy (non-hydrogen) atoms. The topological polar surface area (TPSA) is 38.9 Å². The summed E-state index contributed by atoms with van der Waals surface area (Å²) in [6.45, 7) is 0. The number of halogens is 3. The van der Waals surface area contributed by atoms with Gasteiger partial charge in [-0.2, -0.15) is 13.2 Å². The van der Waals surface area contributed by atoms with Crippen LogP contribution in [0.4, 0.5) is 13.2 Å². The second-order valence-corrected chi connectivity index (χ2v) is 7.00. The predicted molar refractivity (Wildman–Crippen MR) is 78.3 cm³/mol. The second-order valence-electron chi connectivity index (χ2n) is 5.89. The molecule has 2 aromatic rings. The SMILES string of the molecule is NC1(Cc2nc3cc(C(F)(F)F)ccc3s2)CCCCC1. The largest absolute Gasteiger partial charge is 0.416 e. The Morgan fingerprint density at radius 2 is 1.90 bits per heavy atom. The molecule has 0 atom stereocenters. The van der Waals surface area contributed by atoms with Crippen molar-refractivity contribution < 1.29 is 13.2 Å². The van der Waals surface area contributed by atoms with Gasteiger partial charge >= 0.3 is 6.18 Å². The van der Waals surface area contributed by atoms with E-state index in [9.17, 15) is 13.2 Å². The fraction of sp³-hybridized carbons (Fsp3) is 0.533. The van der Waals surface area contributed by atoms with Gasteiger partial charge in [0.05, 0.1) is 20.8 Å². The first-order valence-corrected chi connectivity index (χ1v) is 7.93. The fourth-order valence-corrected chi connectivity index (χ4v) is 4.06. The van der Waals surface area contributed by atoms with E-state index in [1.54, 1.807) is 0 Å². The van der Waals surface area contributed by atoms with E-state index in [0.717, 1.165) is 47.5 Å². The van der Waals surface area contributed by atoms with Gasteiger partial charge in [-0.25, -0.2) is 4.98 Å². The molecule has 0 unspecified atom stereocenters. The Morgan fingerprint density at radius 3 is 2.57 bits per heavy atom. The van der Waals surface area contributed by atoms with Crippen molar-refractivity contribution in [2.45, 2.75) is 50.2 Å². The highest BCUT2D eigenvalue weighted by Gasteiger charge is 2.32. The Labute approximate surface area is 125 Å². The van der Waals surface area contributed by atoms with E-state index < -0.39 is 11.7 Å². The number of benzene rings is 1. The van der Waals surface area contributed by atoms with Crippen molar-refractivity contribution in [1.82, 2.24) is 4.98 Å². The van der Waals surface area contributed by atoms with Crippen molar-refractivity contribution in [3.05, 3.63) is 28.8 Å². The van der Waals surface area contributed by atoms with Crippen LogP contribution in [0.3, 0.4) is 0 Å². The fourth-order valence-electron chi connectivity index (χ4n) is 2.96. The summed E-state index contributed by atoms with van der Waals surface area (Å²) in [4.78, 5) is 4.36. The number of thiazole rings is 1. The minimum atomic E-state index is -4.32. The van der Waals surface area contributed by atoms with Crippen LogP contribution in [0.25, 0.3) is 10.2 Å².